The number of rotatable bonds is 4. The van der Waals surface area contributed by atoms with Gasteiger partial charge in [-0.2, -0.15) is 0 Å². The first-order valence-corrected chi connectivity index (χ1v) is 7.30. The minimum atomic E-state index is -0.670. The largest absolute Gasteiger partial charge is 0.353 e. The Hall–Kier alpha value is -3.21. The summed E-state index contributed by atoms with van der Waals surface area (Å²) < 4.78 is 26.5. The van der Waals surface area contributed by atoms with E-state index in [1.54, 1.807) is 48.5 Å². The van der Waals surface area contributed by atoms with E-state index in [9.17, 15) is 13.6 Å². The molecule has 3 aromatic carbocycles. The Bertz CT molecular complexity index is 849. The van der Waals surface area contributed by atoms with Crippen LogP contribution in [0.5, 0.6) is 0 Å². The van der Waals surface area contributed by atoms with Gasteiger partial charge in [0.05, 0.1) is 5.69 Å². The van der Waals surface area contributed by atoms with Crippen molar-refractivity contribution >= 4 is 23.0 Å². The van der Waals surface area contributed by atoms with Gasteiger partial charge in [-0.3, -0.25) is 4.79 Å². The number of halogens is 2. The molecule has 3 aromatic rings. The number of hydrogen-bond donors (Lipinski definition) is 2. The average Bonchev–Trinajstić information content (AvgIpc) is 2.60. The monoisotopic (exact) mass is 324 g/mol. The van der Waals surface area contributed by atoms with Crippen LogP contribution in [-0.2, 0) is 0 Å². The average molecular weight is 324 g/mol. The molecule has 0 aliphatic carbocycles. The van der Waals surface area contributed by atoms with Crippen LogP contribution in [-0.4, -0.2) is 5.91 Å². The van der Waals surface area contributed by atoms with E-state index in [2.05, 4.69) is 10.6 Å². The van der Waals surface area contributed by atoms with Gasteiger partial charge in [-0.1, -0.05) is 18.2 Å². The molecule has 3 rings (SSSR count). The Labute approximate surface area is 138 Å². The second kappa shape index (κ2) is 6.91. The van der Waals surface area contributed by atoms with Crippen LogP contribution in [0.1, 0.15) is 10.4 Å². The molecular weight excluding hydrogens is 310 g/mol. The molecular formula is C19H14F2N2O. The highest BCUT2D eigenvalue weighted by atomic mass is 19.1. The van der Waals surface area contributed by atoms with E-state index >= 15 is 0 Å². The van der Waals surface area contributed by atoms with Crippen molar-refractivity contribution in [3.8, 4) is 0 Å². The Morgan fingerprint density at radius 1 is 0.792 bits per heavy atom. The number of carbonyl (C=O) groups is 1. The second-order valence-corrected chi connectivity index (χ2v) is 5.15. The smallest absolute Gasteiger partial charge is 0.255 e. The highest BCUT2D eigenvalue weighted by Gasteiger charge is 2.06. The SMILES string of the molecule is O=C(Nc1ccc(Nc2ccc(F)cc2F)cc1)c1ccccc1. The van der Waals surface area contributed by atoms with Gasteiger partial charge in [0.25, 0.3) is 5.91 Å². The van der Waals surface area contributed by atoms with E-state index in [1.807, 2.05) is 6.07 Å². The van der Waals surface area contributed by atoms with Crippen LogP contribution >= 0.6 is 0 Å². The number of anilines is 3. The molecule has 0 heterocycles. The van der Waals surface area contributed by atoms with Crippen molar-refractivity contribution in [2.45, 2.75) is 0 Å². The van der Waals surface area contributed by atoms with Crippen molar-refractivity contribution in [1.29, 1.82) is 0 Å². The molecule has 0 spiro atoms. The van der Waals surface area contributed by atoms with Crippen LogP contribution < -0.4 is 10.6 Å². The third-order valence-electron chi connectivity index (χ3n) is 3.39. The second-order valence-electron chi connectivity index (χ2n) is 5.15. The Morgan fingerprint density at radius 3 is 2.12 bits per heavy atom. The van der Waals surface area contributed by atoms with Gasteiger partial charge in [-0.25, -0.2) is 8.78 Å². The number of benzene rings is 3. The van der Waals surface area contributed by atoms with Crippen LogP contribution in [0.25, 0.3) is 0 Å². The molecule has 0 radical (unpaired) electrons. The lowest BCUT2D eigenvalue weighted by Crippen LogP contribution is -2.11. The van der Waals surface area contributed by atoms with Crippen molar-refractivity contribution in [2.75, 3.05) is 10.6 Å². The zero-order valence-electron chi connectivity index (χ0n) is 12.6. The van der Waals surface area contributed by atoms with Crippen molar-refractivity contribution in [1.82, 2.24) is 0 Å². The van der Waals surface area contributed by atoms with E-state index in [-0.39, 0.29) is 11.6 Å². The van der Waals surface area contributed by atoms with Gasteiger partial charge in [-0.15, -0.1) is 0 Å². The summed E-state index contributed by atoms with van der Waals surface area (Å²) in [6.07, 6.45) is 0. The molecule has 5 heteroatoms. The third kappa shape index (κ3) is 3.76. The summed E-state index contributed by atoms with van der Waals surface area (Å²) in [5.74, 6) is -1.51. The summed E-state index contributed by atoms with van der Waals surface area (Å²) in [7, 11) is 0. The maximum atomic E-state index is 13.6. The van der Waals surface area contributed by atoms with Gasteiger partial charge in [0, 0.05) is 23.0 Å². The van der Waals surface area contributed by atoms with Crippen molar-refractivity contribution in [2.24, 2.45) is 0 Å². The Kier molecular flexibility index (Phi) is 4.52. The summed E-state index contributed by atoms with van der Waals surface area (Å²) in [5.41, 5.74) is 1.98. The highest BCUT2D eigenvalue weighted by Crippen LogP contribution is 2.22. The molecule has 1 amide bonds. The third-order valence-corrected chi connectivity index (χ3v) is 3.39. The lowest BCUT2D eigenvalue weighted by atomic mass is 10.2. The fourth-order valence-corrected chi connectivity index (χ4v) is 2.18. The van der Waals surface area contributed by atoms with E-state index in [1.165, 1.54) is 12.1 Å². The number of carbonyl (C=O) groups excluding carboxylic acids is 1. The molecule has 0 atom stereocenters. The molecule has 3 nitrogen and oxygen atoms in total. The lowest BCUT2D eigenvalue weighted by Gasteiger charge is -2.09. The summed E-state index contributed by atoms with van der Waals surface area (Å²) in [6, 6.07) is 19.0. The molecule has 2 N–H and O–H groups in total. The summed E-state index contributed by atoms with van der Waals surface area (Å²) in [5, 5.41) is 5.64. The molecule has 24 heavy (non-hydrogen) atoms. The summed E-state index contributed by atoms with van der Waals surface area (Å²) in [6.45, 7) is 0. The van der Waals surface area contributed by atoms with Crippen LogP contribution in [0.15, 0.2) is 72.8 Å². The van der Waals surface area contributed by atoms with Crippen molar-refractivity contribution < 1.29 is 13.6 Å². The first-order valence-electron chi connectivity index (χ1n) is 7.30. The zero-order valence-corrected chi connectivity index (χ0v) is 12.6. The van der Waals surface area contributed by atoms with Crippen LogP contribution in [0.4, 0.5) is 25.8 Å². The molecule has 0 aliphatic heterocycles. The predicted molar refractivity (Wildman–Crippen MR) is 90.5 cm³/mol. The molecule has 120 valence electrons. The summed E-state index contributed by atoms with van der Waals surface area (Å²) in [4.78, 5) is 12.1. The molecule has 0 saturated heterocycles. The van der Waals surface area contributed by atoms with Crippen LogP contribution in [0.2, 0.25) is 0 Å². The van der Waals surface area contributed by atoms with E-state index < -0.39 is 11.6 Å². The molecule has 0 unspecified atom stereocenters. The summed E-state index contributed by atoms with van der Waals surface area (Å²) >= 11 is 0. The van der Waals surface area contributed by atoms with Crippen molar-refractivity contribution in [3.63, 3.8) is 0 Å². The quantitative estimate of drug-likeness (QED) is 0.712. The molecule has 0 saturated carbocycles. The molecule has 0 aliphatic rings. The maximum Gasteiger partial charge on any atom is 0.255 e. The Balaban J connectivity index is 1.68. The first-order chi connectivity index (χ1) is 11.6. The lowest BCUT2D eigenvalue weighted by molar-refractivity contribution is 0.102. The van der Waals surface area contributed by atoms with Gasteiger partial charge < -0.3 is 10.6 Å². The van der Waals surface area contributed by atoms with Gasteiger partial charge in [0.1, 0.15) is 11.6 Å². The highest BCUT2D eigenvalue weighted by molar-refractivity contribution is 6.04. The van der Waals surface area contributed by atoms with Crippen molar-refractivity contribution in [3.05, 3.63) is 90.0 Å². The molecule has 0 aromatic heterocycles. The molecule has 0 fully saturated rings. The zero-order chi connectivity index (χ0) is 16.9. The van der Waals surface area contributed by atoms with E-state index in [0.29, 0.717) is 16.9 Å². The Morgan fingerprint density at radius 2 is 1.46 bits per heavy atom. The maximum absolute atomic E-state index is 13.6. The number of nitrogens with one attached hydrogen (secondary N) is 2. The number of amides is 1. The van der Waals surface area contributed by atoms with Gasteiger partial charge in [0.2, 0.25) is 0 Å². The normalized spacial score (nSPS) is 10.2. The molecule has 0 bridgehead atoms. The fourth-order valence-electron chi connectivity index (χ4n) is 2.18. The topological polar surface area (TPSA) is 41.1 Å². The fraction of sp³-hybridized carbons (Fsp3) is 0. The van der Waals surface area contributed by atoms with Gasteiger partial charge in [-0.05, 0) is 48.5 Å². The standard InChI is InChI=1S/C19H14F2N2O/c20-14-6-11-18(17(21)12-14)22-15-7-9-16(10-8-15)23-19(24)13-4-2-1-3-5-13/h1-12,22H,(H,23,24). The minimum absolute atomic E-state index is 0.178. The number of hydrogen-bond acceptors (Lipinski definition) is 2. The minimum Gasteiger partial charge on any atom is -0.353 e. The first kappa shape index (κ1) is 15.7. The van der Waals surface area contributed by atoms with Crippen LogP contribution in [0.3, 0.4) is 0 Å². The predicted octanol–water partition coefficient (Wildman–Crippen LogP) is 4.96. The van der Waals surface area contributed by atoms with Gasteiger partial charge >= 0.3 is 0 Å². The van der Waals surface area contributed by atoms with Gasteiger partial charge in [0.15, 0.2) is 0 Å². The van der Waals surface area contributed by atoms with E-state index in [0.717, 1.165) is 6.07 Å². The van der Waals surface area contributed by atoms with E-state index in [4.69, 9.17) is 0 Å². The van der Waals surface area contributed by atoms with Crippen LogP contribution in [0, 0.1) is 11.6 Å².